The van der Waals surface area contributed by atoms with Crippen molar-refractivity contribution in [3.05, 3.63) is 60.7 Å². The summed E-state index contributed by atoms with van der Waals surface area (Å²) in [4.78, 5) is 66.1. The smallest absolute Gasteiger partial charge is 0.457 e. The zero-order chi connectivity index (χ0) is 52.7. The van der Waals surface area contributed by atoms with E-state index in [9.17, 15) is 24.0 Å². The lowest BCUT2D eigenvalue weighted by atomic mass is 9.96. The van der Waals surface area contributed by atoms with Crippen LogP contribution in [0.15, 0.2) is 60.7 Å². The van der Waals surface area contributed by atoms with E-state index in [0.29, 0.717) is 12.8 Å². The molecule has 1 aliphatic heterocycles. The van der Waals surface area contributed by atoms with E-state index in [1.807, 2.05) is 0 Å². The van der Waals surface area contributed by atoms with Crippen LogP contribution in [0.4, 0.5) is 14.4 Å². The predicted molar refractivity (Wildman–Crippen MR) is 266 cm³/mol. The molecular weight excluding hydrogens is 1150 g/mol. The molecule has 0 aromatic heterocycles. The Kier molecular flexibility index (Phi) is 27.8. The average molecular weight is 1210 g/mol. The molecule has 71 heavy (non-hydrogen) atoms. The minimum Gasteiger partial charge on any atom is -0.457 e. The summed E-state index contributed by atoms with van der Waals surface area (Å²) < 4.78 is 69.9. The maximum atomic E-state index is 15.1. The molecule has 1 fully saturated rings. The molecule has 6 atom stereocenters. The highest BCUT2D eigenvalue weighted by molar-refractivity contribution is 7.49. The van der Waals surface area contributed by atoms with E-state index in [-0.39, 0.29) is 17.9 Å². The number of carbonyl (C=O) groups excluding carboxylic acids is 5. The fraction of sp³-hybridized carbons (Fsp3) is 0.605. The van der Waals surface area contributed by atoms with Crippen molar-refractivity contribution in [2.24, 2.45) is 0 Å². The summed E-state index contributed by atoms with van der Waals surface area (Å²) in [6.07, 6.45) is -5.34. The van der Waals surface area contributed by atoms with Crippen molar-refractivity contribution in [3.63, 3.8) is 0 Å². The molecule has 0 bridgehead atoms. The van der Waals surface area contributed by atoms with E-state index in [0.717, 1.165) is 51.9 Å². The first-order valence-corrected chi connectivity index (χ1v) is 26.8. The van der Waals surface area contributed by atoms with Crippen LogP contribution >= 0.6 is 112 Å². The molecule has 0 saturated carbocycles. The standard InChI is InChI=1S/C43H53Cl9NO17P/c1-3-4-5-6-7-8-9-10-13-22-31(65-40(58)63-27-43(50,51)52)23-33(55)67-36-34(53-38(56)61-25-41(44,45)46)37(64-28(2)54)66-32(24-60-39(57)62-26-42(47,48)49)35(36)70-71(59,68-29-18-14-11-15-19-29)69-30-20-16-12-17-21-30/h11-12,14-21,31-32,34-37H,3-10,13,22-27H2,1-2H3,(H,53,56)/t31-,32-,34-,35-,36-,37?/m1/s1. The number of carbonyl (C=O) groups is 5. The van der Waals surface area contributed by atoms with Gasteiger partial charge >= 0.3 is 38.2 Å². The number of halogens is 9. The zero-order valence-corrected chi connectivity index (χ0v) is 45.8. The molecule has 400 valence electrons. The van der Waals surface area contributed by atoms with Crippen molar-refractivity contribution in [3.8, 4) is 11.5 Å². The van der Waals surface area contributed by atoms with Crippen molar-refractivity contribution < 1.29 is 80.0 Å². The molecule has 1 aliphatic rings. The summed E-state index contributed by atoms with van der Waals surface area (Å²) in [6, 6.07) is 13.2. The van der Waals surface area contributed by atoms with Crippen LogP contribution in [-0.2, 0) is 56.6 Å². The SMILES string of the molecule is CCCCCCCCCCC[C@H](CC(=O)O[C@H]1[C@H](OP(=O)(Oc2ccccc2)Oc2ccccc2)[C@@H](COC(=O)OCC(Cl)(Cl)Cl)OC(OC(C)=O)[C@@H]1NC(=O)OCC(Cl)(Cl)Cl)OC(=O)OCC(Cl)(Cl)Cl. The number of phosphoric ester groups is 1. The first-order valence-electron chi connectivity index (χ1n) is 21.9. The maximum absolute atomic E-state index is 15.1. The fourth-order valence-corrected chi connectivity index (χ4v) is 8.32. The number of hydrogen-bond acceptors (Lipinski definition) is 17. The second-order valence-corrected chi connectivity index (χ2v) is 24.5. The molecule has 2 aromatic carbocycles. The molecule has 18 nitrogen and oxygen atoms in total. The van der Waals surface area contributed by atoms with Gasteiger partial charge in [0.1, 0.15) is 62.3 Å². The van der Waals surface area contributed by atoms with Gasteiger partial charge in [-0.2, -0.15) is 0 Å². The van der Waals surface area contributed by atoms with E-state index < -0.39 is 119 Å². The highest BCUT2D eigenvalue weighted by Crippen LogP contribution is 2.52. The van der Waals surface area contributed by atoms with Crippen LogP contribution in [0.25, 0.3) is 0 Å². The number of hydrogen-bond donors (Lipinski definition) is 1. The third-order valence-corrected chi connectivity index (χ3v) is 11.7. The molecule has 0 spiro atoms. The summed E-state index contributed by atoms with van der Waals surface area (Å²) in [7, 11) is -5.09. The number of amides is 1. The quantitative estimate of drug-likeness (QED) is 0.0289. The average Bonchev–Trinajstić information content (AvgIpc) is 3.27. The van der Waals surface area contributed by atoms with Crippen molar-refractivity contribution in [2.45, 2.75) is 133 Å². The van der Waals surface area contributed by atoms with Crippen molar-refractivity contribution in [1.29, 1.82) is 0 Å². The molecule has 0 radical (unpaired) electrons. The number of para-hydroxylation sites is 2. The monoisotopic (exact) mass is 1200 g/mol. The minimum absolute atomic E-state index is 0.0546. The third-order valence-electron chi connectivity index (χ3n) is 9.38. The zero-order valence-electron chi connectivity index (χ0n) is 38.1. The van der Waals surface area contributed by atoms with Crippen molar-refractivity contribution >= 4 is 143 Å². The third kappa shape index (κ3) is 27.6. The summed E-state index contributed by atoms with van der Waals surface area (Å²) in [5.41, 5.74) is 0. The van der Waals surface area contributed by atoms with E-state index in [1.54, 1.807) is 36.4 Å². The van der Waals surface area contributed by atoms with Gasteiger partial charge in [-0.3, -0.25) is 14.1 Å². The number of esters is 2. The van der Waals surface area contributed by atoms with Gasteiger partial charge in [0.25, 0.3) is 0 Å². The molecule has 28 heteroatoms. The van der Waals surface area contributed by atoms with Crippen molar-refractivity contribution in [2.75, 3.05) is 26.4 Å². The number of ether oxygens (including phenoxy) is 8. The highest BCUT2D eigenvalue weighted by Gasteiger charge is 2.55. The molecule has 2 aromatic rings. The highest BCUT2D eigenvalue weighted by atomic mass is 35.6. The Morgan fingerprint density at radius 1 is 0.648 bits per heavy atom. The van der Waals surface area contributed by atoms with Crippen LogP contribution in [0, 0.1) is 0 Å². The second-order valence-electron chi connectivity index (χ2n) is 15.5. The Hall–Kier alpha value is -2.45. The number of nitrogens with one attached hydrogen (secondary N) is 1. The lowest BCUT2D eigenvalue weighted by Gasteiger charge is -2.45. The molecular formula is C43H53Cl9NO17P. The van der Waals surface area contributed by atoms with Gasteiger partial charge in [-0.05, 0) is 37.1 Å². The molecule has 1 heterocycles. The fourth-order valence-electron chi connectivity index (χ4n) is 6.39. The number of rotatable bonds is 27. The summed E-state index contributed by atoms with van der Waals surface area (Å²) in [5.74, 6) is -2.30. The summed E-state index contributed by atoms with van der Waals surface area (Å²) in [5, 5.41) is 2.34. The molecule has 3 rings (SSSR count). The van der Waals surface area contributed by atoms with Gasteiger partial charge in [0, 0.05) is 6.92 Å². The van der Waals surface area contributed by atoms with Gasteiger partial charge in [-0.1, -0.05) is 199 Å². The number of benzene rings is 2. The van der Waals surface area contributed by atoms with Crippen LogP contribution in [0.1, 0.15) is 84.5 Å². The molecule has 0 aliphatic carbocycles. The van der Waals surface area contributed by atoms with E-state index in [1.165, 1.54) is 24.3 Å². The topological polar surface area (TPSA) is 216 Å². The molecule has 1 unspecified atom stereocenters. The Bertz CT molecular complexity index is 1950. The number of phosphoric acid groups is 1. The lowest BCUT2D eigenvalue weighted by molar-refractivity contribution is -0.263. The largest absolute Gasteiger partial charge is 0.588 e. The van der Waals surface area contributed by atoms with Gasteiger partial charge in [0.2, 0.25) is 17.7 Å². The number of unbranched alkanes of at least 4 members (excludes halogenated alkanes) is 8. The Labute approximate surface area is 456 Å². The van der Waals surface area contributed by atoms with Crippen LogP contribution in [-0.4, -0.2) is 105 Å². The predicted octanol–water partition coefficient (Wildman–Crippen LogP) is 13.0. The molecule has 1 N–H and O–H groups in total. The lowest BCUT2D eigenvalue weighted by Crippen LogP contribution is -2.66. The van der Waals surface area contributed by atoms with Gasteiger partial charge in [0.15, 0.2) is 6.10 Å². The normalized spacial score (nSPS) is 18.8. The van der Waals surface area contributed by atoms with E-state index in [4.69, 9.17) is 156 Å². The van der Waals surface area contributed by atoms with E-state index >= 15 is 4.57 Å². The van der Waals surface area contributed by atoms with Gasteiger partial charge in [-0.15, -0.1) is 0 Å². The van der Waals surface area contributed by atoms with E-state index in [2.05, 4.69) is 12.2 Å². The summed E-state index contributed by atoms with van der Waals surface area (Å²) in [6.45, 7) is -0.168. The second kappa shape index (κ2) is 31.4. The Morgan fingerprint density at radius 3 is 1.65 bits per heavy atom. The number of alkyl halides is 9. The first kappa shape index (κ1) is 62.8. The van der Waals surface area contributed by atoms with Crippen molar-refractivity contribution in [1.82, 2.24) is 5.32 Å². The molecule has 1 amide bonds. The van der Waals surface area contributed by atoms with Gasteiger partial charge in [-0.25, -0.2) is 18.9 Å². The van der Waals surface area contributed by atoms with Crippen LogP contribution in [0.2, 0.25) is 0 Å². The summed E-state index contributed by atoms with van der Waals surface area (Å²) >= 11 is 52.0. The van der Waals surface area contributed by atoms with Gasteiger partial charge in [0.05, 0.1) is 6.42 Å². The Balaban J connectivity index is 2.14. The first-order chi connectivity index (χ1) is 33.3. The van der Waals surface area contributed by atoms with Crippen LogP contribution in [0.3, 0.4) is 0 Å². The molecule has 1 saturated heterocycles. The van der Waals surface area contributed by atoms with Crippen LogP contribution in [0.5, 0.6) is 11.5 Å². The van der Waals surface area contributed by atoms with Crippen LogP contribution < -0.4 is 14.4 Å². The Morgan fingerprint density at radius 2 is 1.14 bits per heavy atom. The minimum atomic E-state index is -5.09. The van der Waals surface area contributed by atoms with Gasteiger partial charge < -0.3 is 52.3 Å². The number of alkyl carbamates (subject to hydrolysis) is 1. The maximum Gasteiger partial charge on any atom is 0.588 e.